The van der Waals surface area contributed by atoms with Crippen molar-refractivity contribution in [3.05, 3.63) is 23.8 Å². The number of benzene rings is 1. The number of hydrogen-bond acceptors (Lipinski definition) is 4. The van der Waals surface area contributed by atoms with Crippen LogP contribution < -0.4 is 10.6 Å². The molecule has 1 aliphatic rings. The van der Waals surface area contributed by atoms with Gasteiger partial charge in [0.1, 0.15) is 0 Å². The topological polar surface area (TPSA) is 63.4 Å². The number of aryl methyl sites for hydroxylation is 1. The Labute approximate surface area is 121 Å². The molecule has 1 heterocycles. The second kappa shape index (κ2) is 5.28. The summed E-state index contributed by atoms with van der Waals surface area (Å²) < 4.78 is 23.8. The monoisotopic (exact) mass is 296 g/mol. The molecule has 112 valence electrons. The Balaban J connectivity index is 2.15. The molecule has 0 aromatic heterocycles. The Morgan fingerprint density at radius 3 is 2.65 bits per heavy atom. The lowest BCUT2D eigenvalue weighted by molar-refractivity contribution is 0.558. The van der Waals surface area contributed by atoms with E-state index in [0.717, 1.165) is 30.8 Å². The quantitative estimate of drug-likeness (QED) is 0.869. The molecular weight excluding hydrogens is 272 g/mol. The van der Waals surface area contributed by atoms with Gasteiger partial charge in [0.2, 0.25) is 0 Å². The van der Waals surface area contributed by atoms with Crippen LogP contribution in [0.3, 0.4) is 0 Å². The van der Waals surface area contributed by atoms with Gasteiger partial charge in [0.25, 0.3) is 0 Å². The highest BCUT2D eigenvalue weighted by molar-refractivity contribution is 7.92. The average Bonchev–Trinajstić information content (AvgIpc) is 2.35. The van der Waals surface area contributed by atoms with E-state index < -0.39 is 14.6 Å². The summed E-state index contributed by atoms with van der Waals surface area (Å²) >= 11 is 0. The molecule has 0 radical (unpaired) electrons. The number of sulfone groups is 1. The van der Waals surface area contributed by atoms with E-state index in [1.165, 1.54) is 5.56 Å². The molecule has 2 rings (SSSR count). The highest BCUT2D eigenvalue weighted by Crippen LogP contribution is 2.29. The molecule has 0 atom stereocenters. The first-order valence-electron chi connectivity index (χ1n) is 7.06. The molecule has 20 heavy (non-hydrogen) atoms. The van der Waals surface area contributed by atoms with Crippen LogP contribution in [0.25, 0.3) is 0 Å². The lowest BCUT2D eigenvalue weighted by atomic mass is 10.0. The Morgan fingerprint density at radius 1 is 1.30 bits per heavy atom. The van der Waals surface area contributed by atoms with Crippen molar-refractivity contribution >= 4 is 21.2 Å². The number of nitrogens with zero attached hydrogens (tertiary/aromatic N) is 1. The van der Waals surface area contributed by atoms with Crippen molar-refractivity contribution in [2.75, 3.05) is 29.5 Å². The fraction of sp³-hybridized carbons (Fsp3) is 0.600. The molecule has 0 bridgehead atoms. The Morgan fingerprint density at radius 2 is 2.00 bits per heavy atom. The molecule has 0 aliphatic carbocycles. The Kier molecular flexibility index (Phi) is 4.00. The molecule has 0 fully saturated rings. The van der Waals surface area contributed by atoms with Crippen LogP contribution in [-0.2, 0) is 16.3 Å². The lowest BCUT2D eigenvalue weighted by Crippen LogP contribution is -2.38. The molecule has 1 aromatic carbocycles. The third-order valence-corrected chi connectivity index (χ3v) is 6.47. The number of nitrogens with two attached hydrogens (primary N) is 1. The first-order chi connectivity index (χ1) is 9.21. The van der Waals surface area contributed by atoms with Crippen LogP contribution in [0, 0.1) is 0 Å². The van der Waals surface area contributed by atoms with Gasteiger partial charge in [-0.05, 0) is 51.3 Å². The third kappa shape index (κ3) is 3.08. The van der Waals surface area contributed by atoms with E-state index in [2.05, 4.69) is 11.0 Å². The predicted octanol–water partition coefficient (Wildman–Crippen LogP) is 2.23. The predicted molar refractivity (Wildman–Crippen MR) is 84.9 cm³/mol. The molecule has 0 saturated carbocycles. The summed E-state index contributed by atoms with van der Waals surface area (Å²) in [5.41, 5.74) is 8.94. The van der Waals surface area contributed by atoms with E-state index in [0.29, 0.717) is 6.54 Å². The number of rotatable bonds is 3. The standard InChI is InChI=1S/C15H24N2O2S/c1-15(2,3)20(18,19)10-9-17-8-4-5-12-6-7-13(16)11-14(12)17/h6-7,11H,4-5,8-10,16H2,1-3H3. The smallest absolute Gasteiger partial charge is 0.156 e. The molecule has 0 saturated heterocycles. The highest BCUT2D eigenvalue weighted by atomic mass is 32.2. The molecule has 2 N–H and O–H groups in total. The fourth-order valence-electron chi connectivity index (χ4n) is 2.44. The van der Waals surface area contributed by atoms with Gasteiger partial charge in [0, 0.05) is 24.5 Å². The molecule has 1 aliphatic heterocycles. The summed E-state index contributed by atoms with van der Waals surface area (Å²) in [5, 5.41) is 0. The minimum absolute atomic E-state index is 0.185. The van der Waals surface area contributed by atoms with Gasteiger partial charge < -0.3 is 10.6 Å². The summed E-state index contributed by atoms with van der Waals surface area (Å²) in [5.74, 6) is 0.185. The maximum atomic E-state index is 12.2. The van der Waals surface area contributed by atoms with Crippen LogP contribution in [0.1, 0.15) is 32.8 Å². The number of hydrogen-bond donors (Lipinski definition) is 1. The number of nitrogen functional groups attached to an aromatic ring is 1. The Bertz CT molecular complexity index is 588. The van der Waals surface area contributed by atoms with Gasteiger partial charge in [0.05, 0.1) is 10.5 Å². The van der Waals surface area contributed by atoms with Crippen molar-refractivity contribution < 1.29 is 8.42 Å². The summed E-state index contributed by atoms with van der Waals surface area (Å²) in [4.78, 5) is 2.15. The van der Waals surface area contributed by atoms with Crippen LogP contribution in [-0.4, -0.2) is 32.0 Å². The van der Waals surface area contributed by atoms with Crippen LogP contribution in [0.2, 0.25) is 0 Å². The molecule has 0 unspecified atom stereocenters. The average molecular weight is 296 g/mol. The van der Waals surface area contributed by atoms with Gasteiger partial charge >= 0.3 is 0 Å². The maximum absolute atomic E-state index is 12.2. The lowest BCUT2D eigenvalue weighted by Gasteiger charge is -2.32. The highest BCUT2D eigenvalue weighted by Gasteiger charge is 2.29. The van der Waals surface area contributed by atoms with Crippen LogP contribution >= 0.6 is 0 Å². The third-order valence-electron chi connectivity index (χ3n) is 3.89. The largest absolute Gasteiger partial charge is 0.399 e. The molecule has 0 spiro atoms. The number of fused-ring (bicyclic) bond motifs is 1. The van der Waals surface area contributed by atoms with Crippen molar-refractivity contribution in [2.45, 2.75) is 38.4 Å². The first kappa shape index (κ1) is 15.2. The fourth-order valence-corrected chi connectivity index (χ4v) is 3.51. The van der Waals surface area contributed by atoms with Crippen molar-refractivity contribution in [1.29, 1.82) is 0 Å². The molecular formula is C15H24N2O2S. The first-order valence-corrected chi connectivity index (χ1v) is 8.71. The van der Waals surface area contributed by atoms with Gasteiger partial charge in [-0.15, -0.1) is 0 Å². The van der Waals surface area contributed by atoms with Gasteiger partial charge in [-0.1, -0.05) is 6.07 Å². The summed E-state index contributed by atoms with van der Waals surface area (Å²) in [6, 6.07) is 5.92. The van der Waals surface area contributed by atoms with Crippen molar-refractivity contribution in [3.8, 4) is 0 Å². The normalized spacial score (nSPS) is 16.1. The van der Waals surface area contributed by atoms with E-state index in [4.69, 9.17) is 5.73 Å². The SMILES string of the molecule is CC(C)(C)S(=O)(=O)CCN1CCCc2ccc(N)cc21. The van der Waals surface area contributed by atoms with Gasteiger partial charge in [-0.2, -0.15) is 0 Å². The zero-order chi connectivity index (χ0) is 15.0. The van der Waals surface area contributed by atoms with Crippen molar-refractivity contribution in [2.24, 2.45) is 0 Å². The molecule has 1 aromatic rings. The molecule has 4 nitrogen and oxygen atoms in total. The van der Waals surface area contributed by atoms with Gasteiger partial charge in [-0.3, -0.25) is 0 Å². The molecule has 5 heteroatoms. The van der Waals surface area contributed by atoms with Crippen molar-refractivity contribution in [1.82, 2.24) is 0 Å². The summed E-state index contributed by atoms with van der Waals surface area (Å²) in [7, 11) is -3.08. The van der Waals surface area contributed by atoms with E-state index in [9.17, 15) is 8.42 Å². The van der Waals surface area contributed by atoms with Gasteiger partial charge in [0.15, 0.2) is 9.84 Å². The number of anilines is 2. The minimum atomic E-state index is -3.08. The van der Waals surface area contributed by atoms with Gasteiger partial charge in [-0.25, -0.2) is 8.42 Å². The summed E-state index contributed by atoms with van der Waals surface area (Å²) in [6.07, 6.45) is 2.10. The minimum Gasteiger partial charge on any atom is -0.399 e. The zero-order valence-electron chi connectivity index (χ0n) is 12.5. The second-order valence-corrected chi connectivity index (χ2v) is 9.27. The van der Waals surface area contributed by atoms with Crippen LogP contribution in [0.5, 0.6) is 0 Å². The van der Waals surface area contributed by atoms with Crippen molar-refractivity contribution in [3.63, 3.8) is 0 Å². The van der Waals surface area contributed by atoms with E-state index in [1.807, 2.05) is 12.1 Å². The summed E-state index contributed by atoms with van der Waals surface area (Å²) in [6.45, 7) is 6.70. The Hall–Kier alpha value is -1.23. The van der Waals surface area contributed by atoms with Crippen LogP contribution in [0.15, 0.2) is 18.2 Å². The maximum Gasteiger partial charge on any atom is 0.156 e. The van der Waals surface area contributed by atoms with E-state index in [1.54, 1.807) is 20.8 Å². The molecule has 0 amide bonds. The zero-order valence-corrected chi connectivity index (χ0v) is 13.3. The van der Waals surface area contributed by atoms with E-state index >= 15 is 0 Å². The van der Waals surface area contributed by atoms with E-state index in [-0.39, 0.29) is 5.75 Å². The second-order valence-electron chi connectivity index (χ2n) is 6.41. The van der Waals surface area contributed by atoms with Crippen LogP contribution in [0.4, 0.5) is 11.4 Å².